The second-order valence-corrected chi connectivity index (χ2v) is 6.60. The van der Waals surface area contributed by atoms with Crippen molar-refractivity contribution in [2.75, 3.05) is 0 Å². The summed E-state index contributed by atoms with van der Waals surface area (Å²) in [6, 6.07) is 11.3. The Morgan fingerprint density at radius 2 is 2.04 bits per heavy atom. The molecule has 1 aromatic carbocycles. The number of carbonyl (C=O) groups excluding carboxylic acids is 1. The molecular weight excluding hydrogens is 324 g/mol. The molecule has 0 amide bonds. The van der Waals surface area contributed by atoms with Gasteiger partial charge in [-0.3, -0.25) is 14.2 Å². The highest BCUT2D eigenvalue weighted by molar-refractivity contribution is 7.18. The fourth-order valence-electron chi connectivity index (χ4n) is 2.44. The number of nitrogens with zero attached hydrogens (tertiary/aromatic N) is 2. The number of ether oxygens (including phenoxy) is 1. The van der Waals surface area contributed by atoms with E-state index in [2.05, 4.69) is 4.98 Å². The molecule has 0 saturated heterocycles. The Hall–Kier alpha value is -2.47. The Kier molecular flexibility index (Phi) is 4.76. The first-order valence-corrected chi connectivity index (χ1v) is 8.59. The molecule has 24 heavy (non-hydrogen) atoms. The zero-order chi connectivity index (χ0) is 17.1. The third kappa shape index (κ3) is 3.38. The van der Waals surface area contributed by atoms with Crippen LogP contribution in [0.15, 0.2) is 41.2 Å². The molecule has 3 aromatic rings. The molecule has 0 saturated carbocycles. The smallest absolute Gasteiger partial charge is 0.326 e. The third-order valence-electron chi connectivity index (χ3n) is 3.77. The van der Waals surface area contributed by atoms with Crippen molar-refractivity contribution in [1.29, 1.82) is 0 Å². The lowest BCUT2D eigenvalue weighted by molar-refractivity contribution is -0.145. The lowest BCUT2D eigenvalue weighted by atomic mass is 10.2. The lowest BCUT2D eigenvalue weighted by Gasteiger charge is -2.09. The number of carbonyl (C=O) groups is 1. The lowest BCUT2D eigenvalue weighted by Crippen LogP contribution is -2.27. The molecule has 0 unspecified atom stereocenters. The molecule has 0 fully saturated rings. The van der Waals surface area contributed by atoms with Gasteiger partial charge in [0.2, 0.25) is 0 Å². The summed E-state index contributed by atoms with van der Waals surface area (Å²) >= 11 is 1.52. The highest BCUT2D eigenvalue weighted by Gasteiger charge is 2.14. The molecule has 0 spiro atoms. The van der Waals surface area contributed by atoms with Crippen LogP contribution < -0.4 is 5.56 Å². The van der Waals surface area contributed by atoms with Crippen LogP contribution in [-0.2, 0) is 29.1 Å². The van der Waals surface area contributed by atoms with Crippen LogP contribution >= 0.6 is 11.3 Å². The van der Waals surface area contributed by atoms with Crippen molar-refractivity contribution in [2.24, 2.45) is 0 Å². The van der Waals surface area contributed by atoms with E-state index in [-0.39, 0.29) is 18.7 Å². The molecule has 3 rings (SSSR count). The Bertz CT molecular complexity index is 929. The number of hydrogen-bond acceptors (Lipinski definition) is 5. The molecule has 5 nitrogen and oxygen atoms in total. The van der Waals surface area contributed by atoms with Gasteiger partial charge >= 0.3 is 5.97 Å². The number of rotatable bonds is 5. The van der Waals surface area contributed by atoms with Gasteiger partial charge in [-0.25, -0.2) is 4.98 Å². The van der Waals surface area contributed by atoms with E-state index in [9.17, 15) is 9.59 Å². The summed E-state index contributed by atoms with van der Waals surface area (Å²) < 4.78 is 6.63. The maximum Gasteiger partial charge on any atom is 0.326 e. The summed E-state index contributed by atoms with van der Waals surface area (Å²) in [5, 5.41) is 0.568. The Balaban J connectivity index is 1.79. The normalized spacial score (nSPS) is 10.9. The largest absolute Gasteiger partial charge is 0.459 e. The van der Waals surface area contributed by atoms with Crippen LogP contribution in [0.4, 0.5) is 0 Å². The van der Waals surface area contributed by atoms with E-state index in [0.717, 1.165) is 21.7 Å². The van der Waals surface area contributed by atoms with Crippen molar-refractivity contribution >= 4 is 27.5 Å². The van der Waals surface area contributed by atoms with Crippen LogP contribution in [0.25, 0.3) is 10.2 Å². The predicted octanol–water partition coefficient (Wildman–Crippen LogP) is 3.07. The molecule has 2 heterocycles. The molecular formula is C18H18N2O3S. The molecule has 6 heteroatoms. The van der Waals surface area contributed by atoms with Gasteiger partial charge in [0.25, 0.3) is 5.56 Å². The average molecular weight is 342 g/mol. The summed E-state index contributed by atoms with van der Waals surface area (Å²) in [7, 11) is 0. The van der Waals surface area contributed by atoms with Gasteiger partial charge in [0.15, 0.2) is 0 Å². The summed E-state index contributed by atoms with van der Waals surface area (Å²) in [5.74, 6) is 0.0739. The van der Waals surface area contributed by atoms with Gasteiger partial charge in [-0.2, -0.15) is 0 Å². The van der Waals surface area contributed by atoms with Crippen molar-refractivity contribution in [3.8, 4) is 0 Å². The summed E-state index contributed by atoms with van der Waals surface area (Å²) in [4.78, 5) is 31.0. The number of hydrogen-bond donors (Lipinski definition) is 0. The van der Waals surface area contributed by atoms with Crippen molar-refractivity contribution < 1.29 is 9.53 Å². The number of aryl methyl sites for hydroxylation is 2. The highest BCUT2D eigenvalue weighted by Crippen LogP contribution is 2.21. The number of esters is 1. The van der Waals surface area contributed by atoms with E-state index in [1.807, 2.05) is 43.3 Å². The van der Waals surface area contributed by atoms with Gasteiger partial charge in [0.1, 0.15) is 23.8 Å². The third-order valence-corrected chi connectivity index (χ3v) is 4.94. The van der Waals surface area contributed by atoms with E-state index >= 15 is 0 Å². The number of benzene rings is 1. The fraction of sp³-hybridized carbons (Fsp3) is 0.278. The molecule has 0 aliphatic carbocycles. The summed E-state index contributed by atoms with van der Waals surface area (Å²) in [5.41, 5.74) is 0.721. The van der Waals surface area contributed by atoms with Crippen LogP contribution in [-0.4, -0.2) is 15.5 Å². The molecule has 0 aliphatic rings. The Morgan fingerprint density at radius 3 is 2.75 bits per heavy atom. The van der Waals surface area contributed by atoms with Crippen molar-refractivity contribution in [1.82, 2.24) is 9.55 Å². The summed E-state index contributed by atoms with van der Waals surface area (Å²) in [6.07, 6.45) is 0.860. The van der Waals surface area contributed by atoms with E-state index < -0.39 is 5.97 Å². The van der Waals surface area contributed by atoms with E-state index in [4.69, 9.17) is 4.74 Å². The van der Waals surface area contributed by atoms with Crippen LogP contribution in [0.3, 0.4) is 0 Å². The second kappa shape index (κ2) is 6.97. The van der Waals surface area contributed by atoms with Crippen LogP contribution in [0, 0.1) is 6.92 Å². The SMILES string of the molecule is CCc1cc2c(=O)n(CC(=O)OCc3ccccc3)c(C)nc2s1. The zero-order valence-corrected chi connectivity index (χ0v) is 14.4. The van der Waals surface area contributed by atoms with Gasteiger partial charge in [-0.15, -0.1) is 11.3 Å². The first-order valence-electron chi connectivity index (χ1n) is 7.78. The van der Waals surface area contributed by atoms with Gasteiger partial charge < -0.3 is 4.74 Å². The minimum absolute atomic E-state index is 0.127. The standard InChI is InChI=1S/C18H18N2O3S/c1-3-14-9-15-17(24-14)19-12(2)20(18(15)22)10-16(21)23-11-13-7-5-4-6-8-13/h4-9H,3,10-11H2,1-2H3. The second-order valence-electron chi connectivity index (χ2n) is 5.48. The molecule has 0 atom stereocenters. The van der Waals surface area contributed by atoms with Crippen molar-refractivity contribution in [3.05, 3.63) is 63.0 Å². The molecule has 0 radical (unpaired) electrons. The van der Waals surface area contributed by atoms with Crippen LogP contribution in [0.2, 0.25) is 0 Å². The number of fused-ring (bicyclic) bond motifs is 1. The van der Waals surface area contributed by atoms with Gasteiger partial charge in [0, 0.05) is 4.88 Å². The molecule has 0 bridgehead atoms. The van der Waals surface area contributed by atoms with Gasteiger partial charge in [-0.05, 0) is 25.0 Å². The quantitative estimate of drug-likeness (QED) is 0.669. The van der Waals surface area contributed by atoms with Crippen molar-refractivity contribution in [2.45, 2.75) is 33.4 Å². The maximum absolute atomic E-state index is 12.6. The van der Waals surface area contributed by atoms with Crippen LogP contribution in [0.5, 0.6) is 0 Å². The minimum Gasteiger partial charge on any atom is -0.459 e. The van der Waals surface area contributed by atoms with E-state index in [0.29, 0.717) is 11.2 Å². The topological polar surface area (TPSA) is 61.2 Å². The van der Waals surface area contributed by atoms with Gasteiger partial charge in [-0.1, -0.05) is 37.3 Å². The summed E-state index contributed by atoms with van der Waals surface area (Å²) in [6.45, 7) is 3.84. The average Bonchev–Trinajstić information content (AvgIpc) is 3.01. The number of thiophene rings is 1. The predicted molar refractivity (Wildman–Crippen MR) is 94.2 cm³/mol. The van der Waals surface area contributed by atoms with Crippen LogP contribution in [0.1, 0.15) is 23.2 Å². The molecule has 124 valence electrons. The first kappa shape index (κ1) is 16.4. The fourth-order valence-corrected chi connectivity index (χ4v) is 3.44. The monoisotopic (exact) mass is 342 g/mol. The molecule has 0 N–H and O–H groups in total. The van der Waals surface area contributed by atoms with E-state index in [1.54, 1.807) is 6.92 Å². The van der Waals surface area contributed by atoms with Crippen molar-refractivity contribution in [3.63, 3.8) is 0 Å². The Morgan fingerprint density at radius 1 is 1.29 bits per heavy atom. The van der Waals surface area contributed by atoms with Gasteiger partial charge in [0.05, 0.1) is 5.39 Å². The number of aromatic nitrogens is 2. The molecule has 2 aromatic heterocycles. The first-order chi connectivity index (χ1) is 11.6. The molecule has 0 aliphatic heterocycles. The zero-order valence-electron chi connectivity index (χ0n) is 13.6. The maximum atomic E-state index is 12.6. The highest BCUT2D eigenvalue weighted by atomic mass is 32.1. The van der Waals surface area contributed by atoms with E-state index in [1.165, 1.54) is 15.9 Å². The Labute approximate surface area is 143 Å². The minimum atomic E-state index is -0.448.